The van der Waals surface area contributed by atoms with Gasteiger partial charge in [0.2, 0.25) is 5.91 Å². The van der Waals surface area contributed by atoms with Crippen LogP contribution in [0.1, 0.15) is 51.5 Å². The Hall–Kier alpha value is -1.17. The van der Waals surface area contributed by atoms with Gasteiger partial charge in [0, 0.05) is 12.2 Å². The van der Waals surface area contributed by atoms with Crippen molar-refractivity contribution in [2.75, 3.05) is 11.9 Å². The van der Waals surface area contributed by atoms with Crippen LogP contribution < -0.4 is 10.6 Å². The van der Waals surface area contributed by atoms with Crippen molar-refractivity contribution in [1.82, 2.24) is 5.32 Å². The first-order chi connectivity index (χ1) is 11.7. The number of benzene rings is 1. The van der Waals surface area contributed by atoms with E-state index in [0.717, 1.165) is 24.6 Å². The second-order valence-electron chi connectivity index (χ2n) is 9.08. The van der Waals surface area contributed by atoms with E-state index >= 15 is 0 Å². The monoisotopic (exact) mass is 360 g/mol. The number of carbonyl (C=O) groups is 1. The number of nitrogens with one attached hydrogen (secondary N) is 2. The molecule has 2 N–H and O–H groups in total. The molecule has 0 unspecified atom stereocenters. The summed E-state index contributed by atoms with van der Waals surface area (Å²) < 4.78 is 6.44. The fourth-order valence-electron chi connectivity index (χ4n) is 3.07. The van der Waals surface area contributed by atoms with Gasteiger partial charge in [-0.25, -0.2) is 0 Å². The van der Waals surface area contributed by atoms with Gasteiger partial charge >= 0.3 is 0 Å². The predicted octanol–water partition coefficient (Wildman–Crippen LogP) is 4.25. The van der Waals surface area contributed by atoms with Crippen molar-refractivity contribution in [3.05, 3.63) is 29.8 Å². The zero-order valence-electron chi connectivity index (χ0n) is 16.2. The number of anilines is 1. The lowest BCUT2D eigenvalue weighted by Crippen LogP contribution is -2.44. The first kappa shape index (κ1) is 18.6. The smallest absolute Gasteiger partial charge is 0.241 e. The summed E-state index contributed by atoms with van der Waals surface area (Å²) in [7, 11) is -1.79. The lowest BCUT2D eigenvalue weighted by molar-refractivity contribution is -0.117. The van der Waals surface area contributed by atoms with Crippen LogP contribution in [-0.4, -0.2) is 32.9 Å². The number of hydrogen-bond acceptors (Lipinski definition) is 3. The summed E-state index contributed by atoms with van der Waals surface area (Å²) in [6.07, 6.45) is 3.48. The molecule has 25 heavy (non-hydrogen) atoms. The average molecular weight is 361 g/mol. The molecule has 0 spiro atoms. The number of carbonyl (C=O) groups excluding carboxylic acids is 1. The Kier molecular flexibility index (Phi) is 5.10. The highest BCUT2D eigenvalue weighted by molar-refractivity contribution is 6.74. The molecular formula is C20H32N2O2Si. The van der Waals surface area contributed by atoms with Gasteiger partial charge in [-0.2, -0.15) is 0 Å². The summed E-state index contributed by atoms with van der Waals surface area (Å²) >= 11 is 0. The molecule has 138 valence electrons. The zero-order valence-corrected chi connectivity index (χ0v) is 17.2. The van der Waals surface area contributed by atoms with E-state index in [1.54, 1.807) is 0 Å². The number of rotatable bonds is 5. The van der Waals surface area contributed by atoms with Crippen LogP contribution in [0.15, 0.2) is 24.3 Å². The first-order valence-corrected chi connectivity index (χ1v) is 12.4. The molecule has 2 atom stereocenters. The molecule has 0 bridgehead atoms. The summed E-state index contributed by atoms with van der Waals surface area (Å²) in [6, 6.07) is 8.14. The maximum Gasteiger partial charge on any atom is 0.241 e. The molecule has 1 heterocycles. The van der Waals surface area contributed by atoms with Crippen molar-refractivity contribution in [2.45, 2.75) is 76.2 Å². The Morgan fingerprint density at radius 2 is 1.84 bits per heavy atom. The van der Waals surface area contributed by atoms with Crippen molar-refractivity contribution in [2.24, 2.45) is 0 Å². The van der Waals surface area contributed by atoms with Crippen LogP contribution in [-0.2, 0) is 9.22 Å². The largest absolute Gasteiger partial charge is 0.413 e. The van der Waals surface area contributed by atoms with E-state index in [0.29, 0.717) is 0 Å². The molecule has 2 fully saturated rings. The fourth-order valence-corrected chi connectivity index (χ4v) is 4.44. The zero-order chi connectivity index (χ0) is 18.2. The van der Waals surface area contributed by atoms with E-state index in [-0.39, 0.29) is 23.1 Å². The Labute approximate surface area is 152 Å². The second kappa shape index (κ2) is 6.86. The third kappa shape index (κ3) is 4.52. The summed E-state index contributed by atoms with van der Waals surface area (Å²) in [5.74, 6) is 0.787. The molecular weight excluding hydrogens is 328 g/mol. The van der Waals surface area contributed by atoms with Gasteiger partial charge in [-0.15, -0.1) is 0 Å². The van der Waals surface area contributed by atoms with Gasteiger partial charge in [0.25, 0.3) is 0 Å². The van der Waals surface area contributed by atoms with Crippen molar-refractivity contribution < 1.29 is 9.22 Å². The molecule has 1 saturated heterocycles. The van der Waals surface area contributed by atoms with E-state index in [1.807, 2.05) is 12.1 Å². The second-order valence-corrected chi connectivity index (χ2v) is 13.8. The van der Waals surface area contributed by atoms with Crippen molar-refractivity contribution in [1.29, 1.82) is 0 Å². The molecule has 0 aromatic heterocycles. The fraction of sp³-hybridized carbons (Fsp3) is 0.650. The predicted molar refractivity (Wildman–Crippen MR) is 106 cm³/mol. The summed E-state index contributed by atoms with van der Waals surface area (Å²) in [6.45, 7) is 12.0. The van der Waals surface area contributed by atoms with E-state index in [4.69, 9.17) is 4.43 Å². The highest BCUT2D eigenvalue weighted by atomic mass is 28.4. The van der Waals surface area contributed by atoms with Crippen LogP contribution >= 0.6 is 0 Å². The topological polar surface area (TPSA) is 50.4 Å². The van der Waals surface area contributed by atoms with E-state index in [1.165, 1.54) is 18.4 Å². The Balaban J connectivity index is 1.52. The van der Waals surface area contributed by atoms with Crippen LogP contribution in [0.25, 0.3) is 0 Å². The molecule has 0 radical (unpaired) electrons. The first-order valence-electron chi connectivity index (χ1n) is 9.48. The van der Waals surface area contributed by atoms with Gasteiger partial charge < -0.3 is 15.1 Å². The minimum atomic E-state index is -1.79. The highest BCUT2D eigenvalue weighted by Crippen LogP contribution is 2.40. The van der Waals surface area contributed by atoms with Gasteiger partial charge in [-0.3, -0.25) is 4.79 Å². The Bertz CT molecular complexity index is 618. The van der Waals surface area contributed by atoms with Crippen molar-refractivity contribution >= 4 is 19.9 Å². The normalized spacial score (nSPS) is 24.4. The summed E-state index contributed by atoms with van der Waals surface area (Å²) in [4.78, 5) is 12.5. The van der Waals surface area contributed by atoms with Crippen molar-refractivity contribution in [3.63, 3.8) is 0 Å². The van der Waals surface area contributed by atoms with E-state index in [2.05, 4.69) is 56.6 Å². The average Bonchev–Trinajstić information content (AvgIpc) is 3.26. The molecule has 1 aliphatic carbocycles. The molecule has 1 aliphatic heterocycles. The third-order valence-electron chi connectivity index (χ3n) is 5.90. The van der Waals surface area contributed by atoms with E-state index in [9.17, 15) is 4.79 Å². The molecule has 2 aliphatic rings. The SMILES string of the molecule is CC(C)(C)[Si](C)(C)O[C@@H]1CN[C@@H](C(=O)Nc2ccc(C3CC3)cc2)C1. The molecule has 5 heteroatoms. The standard InChI is InChI=1S/C20H32N2O2Si/c1-20(2,3)25(4,5)24-17-12-18(21-13-17)19(23)22-16-10-8-15(9-11-16)14-6-7-14/h8-11,14,17-18,21H,6-7,12-13H2,1-5H3,(H,22,23)/t17-,18+/m0/s1. The maximum atomic E-state index is 12.5. The van der Waals surface area contributed by atoms with Crippen LogP contribution in [0, 0.1) is 0 Å². The maximum absolute atomic E-state index is 12.5. The number of hydrogen-bond donors (Lipinski definition) is 2. The Morgan fingerprint density at radius 3 is 2.40 bits per heavy atom. The lowest BCUT2D eigenvalue weighted by atomic mass is 10.1. The van der Waals surface area contributed by atoms with Crippen LogP contribution in [0.4, 0.5) is 5.69 Å². The molecule has 1 aromatic carbocycles. The van der Waals surface area contributed by atoms with Gasteiger partial charge in [-0.1, -0.05) is 32.9 Å². The Morgan fingerprint density at radius 1 is 1.20 bits per heavy atom. The van der Waals surface area contributed by atoms with Gasteiger partial charge in [-0.05, 0) is 61.0 Å². The van der Waals surface area contributed by atoms with E-state index < -0.39 is 8.32 Å². The van der Waals surface area contributed by atoms with Gasteiger partial charge in [0.05, 0.1) is 12.1 Å². The molecule has 1 saturated carbocycles. The molecule has 1 aromatic rings. The van der Waals surface area contributed by atoms with Crippen LogP contribution in [0.5, 0.6) is 0 Å². The highest BCUT2D eigenvalue weighted by Gasteiger charge is 2.41. The van der Waals surface area contributed by atoms with Gasteiger partial charge in [0.1, 0.15) is 0 Å². The molecule has 1 amide bonds. The minimum Gasteiger partial charge on any atom is -0.413 e. The summed E-state index contributed by atoms with van der Waals surface area (Å²) in [5.41, 5.74) is 2.27. The van der Waals surface area contributed by atoms with Crippen LogP contribution in [0.3, 0.4) is 0 Å². The number of amides is 1. The molecule has 3 rings (SSSR count). The van der Waals surface area contributed by atoms with Crippen molar-refractivity contribution in [3.8, 4) is 0 Å². The van der Waals surface area contributed by atoms with Gasteiger partial charge in [0.15, 0.2) is 8.32 Å². The quantitative estimate of drug-likeness (QED) is 0.772. The minimum absolute atomic E-state index is 0.0421. The summed E-state index contributed by atoms with van der Waals surface area (Å²) in [5, 5.41) is 6.56. The lowest BCUT2D eigenvalue weighted by Gasteiger charge is -2.38. The third-order valence-corrected chi connectivity index (χ3v) is 10.4. The molecule has 4 nitrogen and oxygen atoms in total. The van der Waals surface area contributed by atoms with Crippen LogP contribution in [0.2, 0.25) is 18.1 Å².